The van der Waals surface area contributed by atoms with Crippen molar-refractivity contribution in [2.75, 3.05) is 24.5 Å². The number of nitrogens with one attached hydrogen (secondary N) is 1. The van der Waals surface area contributed by atoms with Crippen LogP contribution in [0.4, 0.5) is 5.95 Å². The van der Waals surface area contributed by atoms with Gasteiger partial charge in [-0.15, -0.1) is 0 Å². The summed E-state index contributed by atoms with van der Waals surface area (Å²) in [4.78, 5) is 39.8. The first-order valence-corrected chi connectivity index (χ1v) is 13.2. The van der Waals surface area contributed by atoms with Crippen LogP contribution in [0.3, 0.4) is 0 Å². The number of hydrogen-bond donors (Lipinski definition) is 1. The fraction of sp³-hybridized carbons (Fsp3) is 0.500. The Kier molecular flexibility index (Phi) is 7.35. The number of allylic oxidation sites excluding steroid dienone is 1. The third-order valence-electron chi connectivity index (χ3n) is 7.00. The number of thioether (sulfide) groups is 1. The summed E-state index contributed by atoms with van der Waals surface area (Å²) in [5.41, 5.74) is 3.19. The number of piperidine rings is 1. The molecule has 1 unspecified atom stereocenters. The van der Waals surface area contributed by atoms with Crippen LogP contribution in [0.15, 0.2) is 35.5 Å². The number of carbonyl (C=O) groups is 2. The maximum absolute atomic E-state index is 11.9. The van der Waals surface area contributed by atoms with E-state index in [1.807, 2.05) is 0 Å². The van der Waals surface area contributed by atoms with Gasteiger partial charge in [0, 0.05) is 37.2 Å². The number of anilines is 1. The lowest BCUT2D eigenvalue weighted by Gasteiger charge is -2.32. The molecule has 0 bridgehead atoms. The van der Waals surface area contributed by atoms with Gasteiger partial charge >= 0.3 is 0 Å². The number of aryl methyl sites for hydroxylation is 1. The van der Waals surface area contributed by atoms with Crippen molar-refractivity contribution >= 4 is 34.7 Å². The molecule has 7 nitrogen and oxygen atoms in total. The highest BCUT2D eigenvalue weighted by atomic mass is 32.2. The minimum absolute atomic E-state index is 0.0126. The molecule has 178 valence electrons. The third-order valence-corrected chi connectivity index (χ3v) is 7.94. The van der Waals surface area contributed by atoms with Crippen LogP contribution in [-0.4, -0.2) is 45.5 Å². The van der Waals surface area contributed by atoms with E-state index in [1.165, 1.54) is 36.9 Å². The lowest BCUT2D eigenvalue weighted by molar-refractivity contribution is -0.119. The van der Waals surface area contributed by atoms with Crippen molar-refractivity contribution in [1.82, 2.24) is 20.3 Å². The van der Waals surface area contributed by atoms with Gasteiger partial charge in [-0.1, -0.05) is 6.07 Å². The maximum Gasteiger partial charge on any atom is 0.225 e. The molecule has 3 fully saturated rings. The van der Waals surface area contributed by atoms with Crippen LogP contribution >= 0.6 is 11.8 Å². The molecule has 0 aromatic carbocycles. The average molecular weight is 478 g/mol. The van der Waals surface area contributed by atoms with Gasteiger partial charge in [-0.05, 0) is 92.9 Å². The normalized spacial score (nSPS) is 22.8. The number of carbonyl (C=O) groups excluding carboxylic acids is 2. The summed E-state index contributed by atoms with van der Waals surface area (Å²) < 4.78 is 0. The molecule has 0 saturated carbocycles. The van der Waals surface area contributed by atoms with Crippen LogP contribution in [0, 0.1) is 5.92 Å². The Balaban J connectivity index is 1.08. The number of pyridine rings is 1. The Labute approximate surface area is 204 Å². The van der Waals surface area contributed by atoms with Gasteiger partial charge in [-0.25, -0.2) is 9.97 Å². The minimum Gasteiger partial charge on any atom is -0.341 e. The Morgan fingerprint density at radius 1 is 1.12 bits per heavy atom. The standard InChI is InChI=1S/C26H31N5O2S/c32-23-16-25(33)34-24(23)15-21-8-12-28-26(30-21)31-13-9-18(10-14-31)3-1-4-20-7-6-19(17-29-20)22-5-2-11-27-22/h6-8,12,15,17-18,22,27H,1-5,9-11,13-14,16H2/b24-15-. The summed E-state index contributed by atoms with van der Waals surface area (Å²) in [5, 5.41) is 3.44. The van der Waals surface area contributed by atoms with Crippen LogP contribution in [0.25, 0.3) is 6.08 Å². The summed E-state index contributed by atoms with van der Waals surface area (Å²) >= 11 is 1.01. The van der Waals surface area contributed by atoms with Crippen LogP contribution in [0.5, 0.6) is 0 Å². The van der Waals surface area contributed by atoms with Gasteiger partial charge in [0.2, 0.25) is 11.1 Å². The van der Waals surface area contributed by atoms with E-state index in [9.17, 15) is 9.59 Å². The molecule has 1 N–H and O–H groups in total. The molecule has 2 aromatic rings. The molecule has 0 spiro atoms. The molecular weight excluding hydrogens is 446 g/mol. The molecule has 0 amide bonds. The summed E-state index contributed by atoms with van der Waals surface area (Å²) in [6, 6.07) is 6.71. The van der Waals surface area contributed by atoms with E-state index >= 15 is 0 Å². The minimum atomic E-state index is -0.118. The highest BCUT2D eigenvalue weighted by Crippen LogP contribution is 2.31. The van der Waals surface area contributed by atoms with Crippen molar-refractivity contribution in [3.05, 3.63) is 52.4 Å². The Bertz CT molecular complexity index is 1060. The number of Topliss-reactive ketones (excluding diaryl/α,β-unsaturated/α-hetero) is 1. The molecule has 0 radical (unpaired) electrons. The van der Waals surface area contributed by atoms with Crippen LogP contribution in [0.2, 0.25) is 0 Å². The topological polar surface area (TPSA) is 88.1 Å². The summed E-state index contributed by atoms with van der Waals surface area (Å²) in [6.07, 6.45) is 13.7. The van der Waals surface area contributed by atoms with E-state index in [-0.39, 0.29) is 17.3 Å². The average Bonchev–Trinajstić information content (AvgIpc) is 3.50. The van der Waals surface area contributed by atoms with Crippen molar-refractivity contribution in [2.24, 2.45) is 5.92 Å². The van der Waals surface area contributed by atoms with E-state index in [0.29, 0.717) is 22.6 Å². The number of hydrogen-bond acceptors (Lipinski definition) is 8. The van der Waals surface area contributed by atoms with Crippen LogP contribution in [-0.2, 0) is 16.0 Å². The fourth-order valence-corrected chi connectivity index (χ4v) is 5.84. The maximum atomic E-state index is 11.9. The first-order valence-electron chi connectivity index (χ1n) is 12.4. The molecule has 34 heavy (non-hydrogen) atoms. The number of ketones is 1. The van der Waals surface area contributed by atoms with E-state index in [2.05, 4.69) is 38.5 Å². The zero-order valence-electron chi connectivity index (χ0n) is 19.4. The smallest absolute Gasteiger partial charge is 0.225 e. The van der Waals surface area contributed by atoms with E-state index in [1.54, 1.807) is 18.3 Å². The molecule has 5 rings (SSSR count). The number of rotatable bonds is 7. The molecule has 0 aliphatic carbocycles. The lowest BCUT2D eigenvalue weighted by Crippen LogP contribution is -2.35. The van der Waals surface area contributed by atoms with Gasteiger partial charge in [-0.3, -0.25) is 14.6 Å². The molecule has 5 heterocycles. The fourth-order valence-electron chi connectivity index (χ4n) is 5.03. The summed E-state index contributed by atoms with van der Waals surface area (Å²) in [5.74, 6) is 1.31. The molecule has 3 aliphatic heterocycles. The molecule has 8 heteroatoms. The van der Waals surface area contributed by atoms with Crippen molar-refractivity contribution < 1.29 is 9.59 Å². The lowest BCUT2D eigenvalue weighted by atomic mass is 9.91. The SMILES string of the molecule is O=C1CC(=O)/C(=C/c2ccnc(N3CCC(CCCc4ccc(C5CCCN5)cn4)CC3)n2)S1. The van der Waals surface area contributed by atoms with Gasteiger partial charge in [0.15, 0.2) is 5.78 Å². The van der Waals surface area contributed by atoms with Crippen molar-refractivity contribution in [3.63, 3.8) is 0 Å². The monoisotopic (exact) mass is 477 g/mol. The first kappa shape index (κ1) is 23.2. The number of nitrogens with zero attached hydrogens (tertiary/aromatic N) is 4. The number of aromatic nitrogens is 3. The highest BCUT2D eigenvalue weighted by Gasteiger charge is 2.26. The predicted molar refractivity (Wildman–Crippen MR) is 134 cm³/mol. The quantitative estimate of drug-likeness (QED) is 0.471. The Hall–Kier alpha value is -2.58. The van der Waals surface area contributed by atoms with Crippen molar-refractivity contribution in [1.29, 1.82) is 0 Å². The Morgan fingerprint density at radius 2 is 2.00 bits per heavy atom. The van der Waals surface area contributed by atoms with E-state index < -0.39 is 0 Å². The van der Waals surface area contributed by atoms with Gasteiger partial charge in [-0.2, -0.15) is 0 Å². The van der Waals surface area contributed by atoms with Crippen molar-refractivity contribution in [2.45, 2.75) is 57.4 Å². The largest absolute Gasteiger partial charge is 0.341 e. The summed E-state index contributed by atoms with van der Waals surface area (Å²) in [7, 11) is 0. The zero-order chi connectivity index (χ0) is 23.3. The molecule has 1 atom stereocenters. The molecule has 3 aliphatic rings. The second-order valence-electron chi connectivity index (χ2n) is 9.42. The Morgan fingerprint density at radius 3 is 2.71 bits per heavy atom. The molecular formula is C26H31N5O2S. The second-order valence-corrected chi connectivity index (χ2v) is 10.5. The highest BCUT2D eigenvalue weighted by molar-refractivity contribution is 8.18. The first-order chi connectivity index (χ1) is 16.6. The molecule has 3 saturated heterocycles. The van der Waals surface area contributed by atoms with Gasteiger partial charge in [0.25, 0.3) is 0 Å². The van der Waals surface area contributed by atoms with E-state index in [4.69, 9.17) is 4.98 Å². The zero-order valence-corrected chi connectivity index (χ0v) is 20.2. The third kappa shape index (κ3) is 5.73. The van der Waals surface area contributed by atoms with Crippen LogP contribution < -0.4 is 10.2 Å². The van der Waals surface area contributed by atoms with Crippen LogP contribution in [0.1, 0.15) is 67.9 Å². The van der Waals surface area contributed by atoms with Gasteiger partial charge in [0.05, 0.1) is 17.0 Å². The molecule has 2 aromatic heterocycles. The summed E-state index contributed by atoms with van der Waals surface area (Å²) in [6.45, 7) is 3.00. The second kappa shape index (κ2) is 10.8. The van der Waals surface area contributed by atoms with Gasteiger partial charge in [0.1, 0.15) is 0 Å². The van der Waals surface area contributed by atoms with Crippen molar-refractivity contribution in [3.8, 4) is 0 Å². The van der Waals surface area contributed by atoms with E-state index in [0.717, 1.165) is 56.6 Å². The predicted octanol–water partition coefficient (Wildman–Crippen LogP) is 4.11. The van der Waals surface area contributed by atoms with Gasteiger partial charge < -0.3 is 10.2 Å².